The summed E-state index contributed by atoms with van der Waals surface area (Å²) >= 11 is 0. The van der Waals surface area contributed by atoms with E-state index in [1.165, 1.54) is 4.68 Å². The Labute approximate surface area is 220 Å². The minimum atomic E-state index is -4.89. The highest BCUT2D eigenvalue weighted by Crippen LogP contribution is 2.38. The summed E-state index contributed by atoms with van der Waals surface area (Å²) in [6.45, 7) is 3.40. The number of ketones is 1. The van der Waals surface area contributed by atoms with Crippen molar-refractivity contribution in [2.45, 2.75) is 38.9 Å². The standard InChI is InChI=1S/C28H22F4N4O3/c1-3-39-27(38)26-34-23-10-15(2)24(22(37)12-16-4-5-19-14-33-9-8-17(19)11-16)25(36(23)35-26)18-6-7-20(21(29)13-18)28(30,31)32/h4-9,11,13-14,25H,3,10,12H2,1-2H3. The number of rotatable bonds is 6. The molecule has 0 radical (unpaired) electrons. The number of halogens is 4. The van der Waals surface area contributed by atoms with Gasteiger partial charge in [-0.15, -0.1) is 5.10 Å². The maximum absolute atomic E-state index is 14.7. The smallest absolute Gasteiger partial charge is 0.419 e. The van der Waals surface area contributed by atoms with Gasteiger partial charge in [0.25, 0.3) is 5.82 Å². The molecule has 1 aliphatic heterocycles. The van der Waals surface area contributed by atoms with Gasteiger partial charge in [-0.25, -0.2) is 18.9 Å². The Morgan fingerprint density at radius 1 is 1.10 bits per heavy atom. The van der Waals surface area contributed by atoms with Crippen molar-refractivity contribution < 1.29 is 31.9 Å². The van der Waals surface area contributed by atoms with Crippen LogP contribution in [0.2, 0.25) is 0 Å². The number of aromatic nitrogens is 4. The number of ether oxygens (including phenoxy) is 1. The summed E-state index contributed by atoms with van der Waals surface area (Å²) in [6.07, 6.45) is -1.39. The number of Topliss-reactive ketones (excluding diaryl/α,β-unsaturated/α-hetero) is 1. The van der Waals surface area contributed by atoms with Crippen LogP contribution in [-0.2, 0) is 28.5 Å². The number of carbonyl (C=O) groups excluding carboxylic acids is 2. The Hall–Kier alpha value is -4.41. The predicted molar refractivity (Wildman–Crippen MR) is 132 cm³/mol. The summed E-state index contributed by atoms with van der Waals surface area (Å²) in [5.74, 6) is -2.53. The second-order valence-corrected chi connectivity index (χ2v) is 9.18. The van der Waals surface area contributed by atoms with Crippen LogP contribution in [0, 0.1) is 5.82 Å². The lowest BCUT2D eigenvalue weighted by Crippen LogP contribution is -2.28. The van der Waals surface area contributed by atoms with Gasteiger partial charge in [0, 0.05) is 36.2 Å². The molecule has 3 heterocycles. The van der Waals surface area contributed by atoms with Crippen molar-refractivity contribution in [3.05, 3.63) is 100 Å². The summed E-state index contributed by atoms with van der Waals surface area (Å²) in [7, 11) is 0. The highest BCUT2D eigenvalue weighted by molar-refractivity contribution is 5.99. The molecule has 0 N–H and O–H groups in total. The third-order valence-electron chi connectivity index (χ3n) is 6.55. The highest BCUT2D eigenvalue weighted by Gasteiger charge is 2.38. The lowest BCUT2D eigenvalue weighted by atomic mass is 9.85. The number of allylic oxidation sites excluding steroid dienone is 2. The number of pyridine rings is 1. The van der Waals surface area contributed by atoms with Crippen molar-refractivity contribution in [3.63, 3.8) is 0 Å². The second kappa shape index (κ2) is 10.0. The number of nitrogens with zero attached hydrogens (tertiary/aromatic N) is 4. The van der Waals surface area contributed by atoms with Crippen LogP contribution < -0.4 is 0 Å². The lowest BCUT2D eigenvalue weighted by Gasteiger charge is -2.28. The number of carbonyl (C=O) groups is 2. The molecule has 39 heavy (non-hydrogen) atoms. The van der Waals surface area contributed by atoms with Crippen molar-refractivity contribution in [2.75, 3.05) is 6.61 Å². The number of hydrogen-bond acceptors (Lipinski definition) is 6. The predicted octanol–water partition coefficient (Wildman–Crippen LogP) is 5.43. The van der Waals surface area contributed by atoms with Crippen molar-refractivity contribution in [2.24, 2.45) is 0 Å². The normalized spacial score (nSPS) is 15.4. The first kappa shape index (κ1) is 26.2. The molecule has 7 nitrogen and oxygen atoms in total. The summed E-state index contributed by atoms with van der Waals surface area (Å²) in [4.78, 5) is 34.4. The third kappa shape index (κ3) is 5.04. The minimum absolute atomic E-state index is 0.0146. The molecule has 0 amide bonds. The number of benzene rings is 2. The number of fused-ring (bicyclic) bond motifs is 2. The molecular weight excluding hydrogens is 516 g/mol. The van der Waals surface area contributed by atoms with E-state index in [4.69, 9.17) is 4.74 Å². The van der Waals surface area contributed by atoms with E-state index in [2.05, 4.69) is 15.1 Å². The molecule has 2 aromatic heterocycles. The average Bonchev–Trinajstić information content (AvgIpc) is 3.31. The van der Waals surface area contributed by atoms with E-state index in [1.54, 1.807) is 32.3 Å². The molecule has 1 aliphatic rings. The zero-order chi connectivity index (χ0) is 27.9. The fourth-order valence-electron chi connectivity index (χ4n) is 4.81. The Bertz CT molecular complexity index is 1640. The fourth-order valence-corrected chi connectivity index (χ4v) is 4.81. The first-order chi connectivity index (χ1) is 18.6. The molecule has 4 aromatic rings. The second-order valence-electron chi connectivity index (χ2n) is 9.18. The van der Waals surface area contributed by atoms with Gasteiger partial charge in [-0.2, -0.15) is 13.2 Å². The van der Waals surface area contributed by atoms with Gasteiger partial charge >= 0.3 is 12.1 Å². The molecular formula is C28H22F4N4O3. The van der Waals surface area contributed by atoms with Crippen LogP contribution in [0.3, 0.4) is 0 Å². The van der Waals surface area contributed by atoms with Crippen molar-refractivity contribution in [1.29, 1.82) is 0 Å². The number of hydrogen-bond donors (Lipinski definition) is 0. The van der Waals surface area contributed by atoms with Gasteiger partial charge in [0.1, 0.15) is 17.7 Å². The van der Waals surface area contributed by atoms with Gasteiger partial charge in [0.15, 0.2) is 5.78 Å². The Kier molecular flexibility index (Phi) is 6.75. The summed E-state index contributed by atoms with van der Waals surface area (Å²) in [6, 6.07) is 8.72. The molecule has 0 saturated heterocycles. The summed E-state index contributed by atoms with van der Waals surface area (Å²) in [5.41, 5.74) is 0.191. The molecule has 0 bridgehead atoms. The van der Waals surface area contributed by atoms with Gasteiger partial charge in [0.05, 0.1) is 12.2 Å². The molecule has 2 aromatic carbocycles. The van der Waals surface area contributed by atoms with Gasteiger partial charge < -0.3 is 4.74 Å². The quantitative estimate of drug-likeness (QED) is 0.240. The SMILES string of the molecule is CCOC(=O)c1nc2n(n1)C(c1ccc(C(F)(F)F)c(F)c1)C(C(=O)Cc1ccc3cnccc3c1)=C(C)C2. The van der Waals surface area contributed by atoms with Crippen LogP contribution in [0.25, 0.3) is 10.8 Å². The van der Waals surface area contributed by atoms with Crippen LogP contribution in [0.5, 0.6) is 0 Å². The first-order valence-corrected chi connectivity index (χ1v) is 12.1. The Balaban J connectivity index is 1.59. The van der Waals surface area contributed by atoms with Gasteiger partial charge in [0.2, 0.25) is 0 Å². The van der Waals surface area contributed by atoms with Gasteiger partial charge in [-0.05, 0) is 48.6 Å². The molecule has 0 fully saturated rings. The minimum Gasteiger partial charge on any atom is -0.460 e. The lowest BCUT2D eigenvalue weighted by molar-refractivity contribution is -0.140. The van der Waals surface area contributed by atoms with Gasteiger partial charge in [-0.1, -0.05) is 29.8 Å². The zero-order valence-corrected chi connectivity index (χ0v) is 20.9. The van der Waals surface area contributed by atoms with E-state index in [-0.39, 0.29) is 42.2 Å². The maximum atomic E-state index is 14.7. The van der Waals surface area contributed by atoms with Crippen molar-refractivity contribution in [1.82, 2.24) is 19.7 Å². The van der Waals surface area contributed by atoms with Crippen molar-refractivity contribution in [3.8, 4) is 0 Å². The number of alkyl halides is 3. The molecule has 5 rings (SSSR count). The molecule has 0 aliphatic carbocycles. The molecule has 1 unspecified atom stereocenters. The van der Waals surface area contributed by atoms with E-state index in [0.717, 1.165) is 22.9 Å². The fraction of sp³-hybridized carbons (Fsp3) is 0.250. The average molecular weight is 539 g/mol. The monoisotopic (exact) mass is 538 g/mol. The molecule has 11 heteroatoms. The molecule has 0 spiro atoms. The Morgan fingerprint density at radius 3 is 2.62 bits per heavy atom. The largest absolute Gasteiger partial charge is 0.460 e. The van der Waals surface area contributed by atoms with Crippen LogP contribution in [0.1, 0.15) is 53.0 Å². The van der Waals surface area contributed by atoms with E-state index >= 15 is 0 Å². The first-order valence-electron chi connectivity index (χ1n) is 12.1. The third-order valence-corrected chi connectivity index (χ3v) is 6.55. The van der Waals surface area contributed by atoms with Gasteiger partial charge in [-0.3, -0.25) is 9.78 Å². The van der Waals surface area contributed by atoms with E-state index in [9.17, 15) is 27.2 Å². The highest BCUT2D eigenvalue weighted by atomic mass is 19.4. The molecule has 1 atom stereocenters. The molecule has 200 valence electrons. The van der Waals surface area contributed by atoms with Crippen molar-refractivity contribution >= 4 is 22.5 Å². The molecule has 0 saturated carbocycles. The van der Waals surface area contributed by atoms with E-state index < -0.39 is 29.6 Å². The van der Waals surface area contributed by atoms with E-state index in [1.807, 2.05) is 18.2 Å². The Morgan fingerprint density at radius 2 is 1.90 bits per heavy atom. The van der Waals surface area contributed by atoms with Crippen LogP contribution in [0.4, 0.5) is 17.6 Å². The summed E-state index contributed by atoms with van der Waals surface area (Å²) in [5, 5.41) is 6.03. The van der Waals surface area contributed by atoms with Crippen LogP contribution in [-0.4, -0.2) is 38.1 Å². The summed E-state index contributed by atoms with van der Waals surface area (Å²) < 4.78 is 60.7. The maximum Gasteiger partial charge on any atom is 0.419 e. The van der Waals surface area contributed by atoms with E-state index in [0.29, 0.717) is 23.0 Å². The van der Waals surface area contributed by atoms with Crippen LogP contribution in [0.15, 0.2) is 66.0 Å². The topological polar surface area (TPSA) is 87.0 Å². The zero-order valence-electron chi connectivity index (χ0n) is 20.9. The van der Waals surface area contributed by atoms with Crippen LogP contribution >= 0.6 is 0 Å². The number of esters is 1.